The number of phenolic OH excluding ortho intramolecular Hbond substituents is 1. The zero-order valence-corrected chi connectivity index (χ0v) is 15.9. The van der Waals surface area contributed by atoms with E-state index < -0.39 is 17.6 Å². The first-order valence-electron chi connectivity index (χ1n) is 8.00. The molecule has 152 valence electrons. The highest BCUT2D eigenvalue weighted by molar-refractivity contribution is 6.31. The molecule has 0 aromatic heterocycles. The quantitative estimate of drug-likeness (QED) is 0.452. The van der Waals surface area contributed by atoms with E-state index >= 15 is 0 Å². The number of anilines is 1. The number of alkyl halides is 4. The molecule has 28 heavy (non-hydrogen) atoms. The minimum absolute atomic E-state index is 0.0114. The van der Waals surface area contributed by atoms with Gasteiger partial charge in [0.2, 0.25) is 0 Å². The first-order chi connectivity index (χ1) is 13.2. The van der Waals surface area contributed by atoms with Gasteiger partial charge in [0.25, 0.3) is 5.91 Å². The average Bonchev–Trinajstić information content (AvgIpc) is 2.63. The lowest BCUT2D eigenvalue weighted by Gasteiger charge is -2.16. The molecule has 2 N–H and O–H groups in total. The van der Waals surface area contributed by atoms with Crippen molar-refractivity contribution in [2.75, 3.05) is 31.0 Å². The number of nitrogens with one attached hydrogen (secondary N) is 1. The number of hydrogen-bond donors (Lipinski definition) is 2. The van der Waals surface area contributed by atoms with Crippen LogP contribution in [0.3, 0.4) is 0 Å². The number of amides is 1. The first-order valence-corrected chi connectivity index (χ1v) is 8.91. The molecule has 0 aliphatic carbocycles. The van der Waals surface area contributed by atoms with Gasteiger partial charge in [-0.1, -0.05) is 11.6 Å². The molecular formula is C18H16Cl2F3NO4. The number of halogens is 5. The second-order valence-electron chi connectivity index (χ2n) is 5.47. The van der Waals surface area contributed by atoms with E-state index in [0.717, 1.165) is 18.2 Å². The Morgan fingerprint density at radius 1 is 1.11 bits per heavy atom. The largest absolute Gasteiger partial charge is 0.507 e. The van der Waals surface area contributed by atoms with Gasteiger partial charge in [-0.15, -0.1) is 11.6 Å². The standard InChI is InChI=1S/C18H16Cl2F3NO4/c19-5-6-27-7-8-28-16-4-1-11(18(21,22)23)9-14(16)24-17(26)13-10-12(20)2-3-15(13)25/h1-4,9-10,25H,5-8H2,(H,24,26). The summed E-state index contributed by atoms with van der Waals surface area (Å²) in [5.74, 6) is -0.907. The maximum absolute atomic E-state index is 13.0. The van der Waals surface area contributed by atoms with E-state index in [1.807, 2.05) is 0 Å². The zero-order chi connectivity index (χ0) is 20.7. The number of carbonyl (C=O) groups is 1. The van der Waals surface area contributed by atoms with Crippen molar-refractivity contribution in [1.82, 2.24) is 0 Å². The van der Waals surface area contributed by atoms with Crippen LogP contribution < -0.4 is 10.1 Å². The monoisotopic (exact) mass is 437 g/mol. The fourth-order valence-electron chi connectivity index (χ4n) is 2.18. The highest BCUT2D eigenvalue weighted by Crippen LogP contribution is 2.35. The zero-order valence-electron chi connectivity index (χ0n) is 14.4. The third-order valence-corrected chi connectivity index (χ3v) is 3.85. The molecule has 5 nitrogen and oxygen atoms in total. The fourth-order valence-corrected chi connectivity index (χ4v) is 2.46. The van der Waals surface area contributed by atoms with E-state index in [4.69, 9.17) is 32.7 Å². The number of ether oxygens (including phenoxy) is 2. The van der Waals surface area contributed by atoms with Crippen molar-refractivity contribution in [2.24, 2.45) is 0 Å². The molecule has 0 atom stereocenters. The molecule has 0 fully saturated rings. The van der Waals surface area contributed by atoms with Gasteiger partial charge in [-0.3, -0.25) is 4.79 Å². The van der Waals surface area contributed by atoms with E-state index in [-0.39, 0.29) is 41.0 Å². The van der Waals surface area contributed by atoms with E-state index in [0.29, 0.717) is 12.5 Å². The Morgan fingerprint density at radius 2 is 1.86 bits per heavy atom. The molecule has 10 heteroatoms. The van der Waals surface area contributed by atoms with Gasteiger partial charge in [0.15, 0.2) is 0 Å². The Balaban J connectivity index is 2.25. The van der Waals surface area contributed by atoms with Gasteiger partial charge in [0.1, 0.15) is 18.1 Å². The molecule has 2 aromatic carbocycles. The Hall–Kier alpha value is -2.16. The molecule has 0 saturated carbocycles. The summed E-state index contributed by atoms with van der Waals surface area (Å²) < 4.78 is 49.6. The molecular weight excluding hydrogens is 422 g/mol. The summed E-state index contributed by atoms with van der Waals surface area (Å²) in [6.07, 6.45) is -4.61. The number of carbonyl (C=O) groups excluding carboxylic acids is 1. The van der Waals surface area contributed by atoms with Crippen LogP contribution in [0.4, 0.5) is 18.9 Å². The van der Waals surface area contributed by atoms with Gasteiger partial charge in [-0.2, -0.15) is 13.2 Å². The maximum atomic E-state index is 13.0. The third-order valence-electron chi connectivity index (χ3n) is 3.47. The van der Waals surface area contributed by atoms with Crippen molar-refractivity contribution in [3.05, 3.63) is 52.5 Å². The van der Waals surface area contributed by atoms with Crippen LogP contribution in [0.5, 0.6) is 11.5 Å². The van der Waals surface area contributed by atoms with Gasteiger partial charge >= 0.3 is 6.18 Å². The Bertz CT molecular complexity index is 831. The van der Waals surface area contributed by atoms with Crippen LogP contribution in [0.15, 0.2) is 36.4 Å². The molecule has 0 aliphatic heterocycles. The maximum Gasteiger partial charge on any atom is 0.416 e. The van der Waals surface area contributed by atoms with Crippen molar-refractivity contribution in [1.29, 1.82) is 0 Å². The van der Waals surface area contributed by atoms with Crippen LogP contribution in [-0.4, -0.2) is 36.7 Å². The molecule has 0 radical (unpaired) electrons. The van der Waals surface area contributed by atoms with Crippen LogP contribution in [0.2, 0.25) is 5.02 Å². The predicted octanol–water partition coefficient (Wildman–Crippen LogP) is 4.95. The molecule has 0 heterocycles. The normalized spacial score (nSPS) is 11.3. The summed E-state index contributed by atoms with van der Waals surface area (Å²) in [5, 5.41) is 12.3. The van der Waals surface area contributed by atoms with Crippen molar-refractivity contribution >= 4 is 34.8 Å². The van der Waals surface area contributed by atoms with Gasteiger partial charge in [-0.25, -0.2) is 0 Å². The van der Waals surface area contributed by atoms with Crippen LogP contribution in [0.25, 0.3) is 0 Å². The van der Waals surface area contributed by atoms with Crippen molar-refractivity contribution < 1.29 is 32.5 Å². The number of rotatable bonds is 8. The average molecular weight is 438 g/mol. The lowest BCUT2D eigenvalue weighted by atomic mass is 10.1. The highest BCUT2D eigenvalue weighted by atomic mass is 35.5. The lowest BCUT2D eigenvalue weighted by molar-refractivity contribution is -0.137. The molecule has 0 saturated heterocycles. The molecule has 2 aromatic rings. The minimum atomic E-state index is -4.61. The van der Waals surface area contributed by atoms with E-state index in [1.165, 1.54) is 18.2 Å². The molecule has 0 aliphatic rings. The molecule has 0 spiro atoms. The second-order valence-corrected chi connectivity index (χ2v) is 6.29. The Morgan fingerprint density at radius 3 is 2.54 bits per heavy atom. The van der Waals surface area contributed by atoms with Crippen molar-refractivity contribution in [3.8, 4) is 11.5 Å². The minimum Gasteiger partial charge on any atom is -0.507 e. The SMILES string of the molecule is O=C(Nc1cc(C(F)(F)F)ccc1OCCOCCCl)c1cc(Cl)ccc1O. The van der Waals surface area contributed by atoms with Crippen LogP contribution in [0, 0.1) is 0 Å². The predicted molar refractivity (Wildman–Crippen MR) is 99.5 cm³/mol. The molecule has 2 rings (SSSR count). The van der Waals surface area contributed by atoms with Crippen LogP contribution in [-0.2, 0) is 10.9 Å². The highest BCUT2D eigenvalue weighted by Gasteiger charge is 2.31. The van der Waals surface area contributed by atoms with Crippen molar-refractivity contribution in [3.63, 3.8) is 0 Å². The summed E-state index contributed by atoms with van der Waals surface area (Å²) in [7, 11) is 0. The van der Waals surface area contributed by atoms with Gasteiger partial charge in [0, 0.05) is 10.9 Å². The third kappa shape index (κ3) is 6.19. The molecule has 0 unspecified atom stereocenters. The van der Waals surface area contributed by atoms with Gasteiger partial charge in [-0.05, 0) is 36.4 Å². The number of hydrogen-bond acceptors (Lipinski definition) is 4. The topological polar surface area (TPSA) is 67.8 Å². The van der Waals surface area contributed by atoms with Crippen molar-refractivity contribution in [2.45, 2.75) is 6.18 Å². The van der Waals surface area contributed by atoms with Gasteiger partial charge in [0.05, 0.1) is 30.0 Å². The van der Waals surface area contributed by atoms with Crippen LogP contribution in [0.1, 0.15) is 15.9 Å². The summed E-state index contributed by atoms with van der Waals surface area (Å²) >= 11 is 11.3. The van der Waals surface area contributed by atoms with E-state index in [1.54, 1.807) is 0 Å². The van der Waals surface area contributed by atoms with Gasteiger partial charge < -0.3 is 19.9 Å². The number of aromatic hydroxyl groups is 1. The summed E-state index contributed by atoms with van der Waals surface area (Å²) in [6, 6.07) is 6.44. The second kappa shape index (κ2) is 9.86. The van der Waals surface area contributed by atoms with E-state index in [9.17, 15) is 23.1 Å². The number of benzene rings is 2. The molecule has 0 bridgehead atoms. The van der Waals surface area contributed by atoms with Crippen LogP contribution >= 0.6 is 23.2 Å². The summed E-state index contributed by atoms with van der Waals surface area (Å²) in [6.45, 7) is 0.499. The Labute approximate surface area is 169 Å². The van der Waals surface area contributed by atoms with E-state index in [2.05, 4.69) is 5.32 Å². The number of phenols is 1. The lowest BCUT2D eigenvalue weighted by Crippen LogP contribution is -2.16. The Kier molecular flexibility index (Phi) is 7.79. The molecule has 1 amide bonds. The summed E-state index contributed by atoms with van der Waals surface area (Å²) in [5.41, 5.74) is -1.37. The smallest absolute Gasteiger partial charge is 0.416 e. The first kappa shape index (κ1) is 22.1. The summed E-state index contributed by atoms with van der Waals surface area (Å²) in [4.78, 5) is 12.4. The fraction of sp³-hybridized carbons (Fsp3) is 0.278.